The molecular weight excluding hydrogens is 430 g/mol. The summed E-state index contributed by atoms with van der Waals surface area (Å²) in [6.45, 7) is -0.0661. The number of nitrogens with zero attached hydrogens (tertiary/aromatic N) is 4. The average molecular weight is 458 g/mol. The van der Waals surface area contributed by atoms with Crippen molar-refractivity contribution in [1.29, 1.82) is 0 Å². The lowest BCUT2D eigenvalue weighted by Crippen LogP contribution is -2.48. The number of carbonyl (C=O) groups excluding carboxylic acids is 2. The van der Waals surface area contributed by atoms with E-state index in [-0.39, 0.29) is 24.4 Å². The van der Waals surface area contributed by atoms with E-state index in [0.717, 1.165) is 31.2 Å². The minimum Gasteiger partial charge on any atom is -0.467 e. The zero-order valence-corrected chi connectivity index (χ0v) is 18.8. The Labute approximate surface area is 197 Å². The Morgan fingerprint density at radius 1 is 1.00 bits per heavy atom. The Balaban J connectivity index is 1.50. The summed E-state index contributed by atoms with van der Waals surface area (Å²) in [6.07, 6.45) is 6.79. The van der Waals surface area contributed by atoms with Crippen LogP contribution in [0.2, 0.25) is 0 Å². The second-order valence-electron chi connectivity index (χ2n) is 8.60. The Kier molecular flexibility index (Phi) is 6.38. The first-order chi connectivity index (χ1) is 16.7. The van der Waals surface area contributed by atoms with Gasteiger partial charge in [-0.3, -0.25) is 14.5 Å². The first-order valence-corrected chi connectivity index (χ1v) is 11.7. The fourth-order valence-corrected chi connectivity index (χ4v) is 4.61. The van der Waals surface area contributed by atoms with Gasteiger partial charge < -0.3 is 9.73 Å². The number of hydrogen-bond acceptors (Lipinski definition) is 5. The minimum atomic E-state index is -0.943. The molecule has 1 atom stereocenters. The number of benzene rings is 2. The van der Waals surface area contributed by atoms with Crippen LogP contribution in [0.3, 0.4) is 0 Å². The van der Waals surface area contributed by atoms with Gasteiger partial charge in [0.1, 0.15) is 17.8 Å². The van der Waals surface area contributed by atoms with Crippen LogP contribution in [0.1, 0.15) is 43.9 Å². The van der Waals surface area contributed by atoms with Gasteiger partial charge in [-0.25, -0.2) is 4.68 Å². The van der Waals surface area contributed by atoms with Crippen LogP contribution in [0.15, 0.2) is 77.4 Å². The summed E-state index contributed by atoms with van der Waals surface area (Å²) in [5.74, 6) is -0.126. The lowest BCUT2D eigenvalue weighted by Gasteiger charge is -2.32. The fourth-order valence-electron chi connectivity index (χ4n) is 4.61. The Morgan fingerprint density at radius 2 is 1.76 bits per heavy atom. The maximum Gasteiger partial charge on any atom is 0.251 e. The molecule has 2 aromatic carbocycles. The molecule has 0 unspecified atom stereocenters. The van der Waals surface area contributed by atoms with Crippen LogP contribution in [0.4, 0.5) is 5.69 Å². The minimum absolute atomic E-state index is 0.0661. The summed E-state index contributed by atoms with van der Waals surface area (Å²) in [5, 5.41) is 11.5. The number of fused-ring (bicyclic) bond motifs is 1. The molecular formula is C26H27N5O3. The smallest absolute Gasteiger partial charge is 0.251 e. The van der Waals surface area contributed by atoms with Crippen molar-refractivity contribution in [2.75, 3.05) is 4.90 Å². The molecule has 34 heavy (non-hydrogen) atoms. The molecule has 4 aromatic rings. The lowest BCUT2D eigenvalue weighted by atomic mass is 9.95. The van der Waals surface area contributed by atoms with Crippen molar-refractivity contribution < 1.29 is 14.0 Å². The van der Waals surface area contributed by atoms with Crippen LogP contribution in [-0.2, 0) is 16.1 Å². The predicted molar refractivity (Wildman–Crippen MR) is 128 cm³/mol. The molecule has 0 saturated heterocycles. The van der Waals surface area contributed by atoms with Crippen molar-refractivity contribution in [2.45, 2.75) is 50.7 Å². The zero-order valence-electron chi connectivity index (χ0n) is 18.8. The molecule has 2 amide bonds. The van der Waals surface area contributed by atoms with Crippen molar-refractivity contribution in [3.63, 3.8) is 0 Å². The number of hydrogen-bond donors (Lipinski definition) is 1. The summed E-state index contributed by atoms with van der Waals surface area (Å²) in [7, 11) is 0. The third-order valence-electron chi connectivity index (χ3n) is 6.28. The van der Waals surface area contributed by atoms with Crippen molar-refractivity contribution >= 4 is 28.5 Å². The summed E-state index contributed by atoms with van der Waals surface area (Å²) in [6, 6.07) is 19.3. The second kappa shape index (κ2) is 9.91. The molecule has 1 saturated carbocycles. The van der Waals surface area contributed by atoms with E-state index in [9.17, 15) is 9.59 Å². The summed E-state index contributed by atoms with van der Waals surface area (Å²) in [4.78, 5) is 29.0. The van der Waals surface area contributed by atoms with Crippen molar-refractivity contribution in [3.05, 3.63) is 78.8 Å². The second-order valence-corrected chi connectivity index (χ2v) is 8.60. The number of furan rings is 1. The molecule has 0 radical (unpaired) electrons. The number of rotatable bonds is 7. The lowest BCUT2D eigenvalue weighted by molar-refractivity contribution is -0.128. The maximum atomic E-state index is 13.8. The number of aromatic nitrogens is 3. The van der Waals surface area contributed by atoms with E-state index in [1.54, 1.807) is 16.8 Å². The largest absolute Gasteiger partial charge is 0.467 e. The highest BCUT2D eigenvalue weighted by atomic mass is 16.3. The van der Waals surface area contributed by atoms with Crippen molar-refractivity contribution in [2.24, 2.45) is 0 Å². The van der Waals surface area contributed by atoms with E-state index >= 15 is 0 Å². The van der Waals surface area contributed by atoms with Crippen molar-refractivity contribution in [1.82, 2.24) is 20.3 Å². The van der Waals surface area contributed by atoms with Gasteiger partial charge in [0.15, 0.2) is 6.04 Å². The van der Waals surface area contributed by atoms with E-state index in [2.05, 4.69) is 15.6 Å². The molecule has 2 aromatic heterocycles. The number of amides is 2. The maximum absolute atomic E-state index is 13.8. The first-order valence-electron chi connectivity index (χ1n) is 11.7. The standard InChI is InChI=1S/C26H27N5O3/c32-24(18-30-22-15-8-7-14-21(22)28-29-30)31(20-12-5-2-6-13-20)25(23-16-9-17-34-23)26(33)27-19-10-3-1-4-11-19/h2,5-9,12-17,19,25H,1,3-4,10-11,18H2,(H,27,33)/t25-/m1/s1. The normalized spacial score (nSPS) is 15.2. The number of anilines is 1. The van der Waals surface area contributed by atoms with Gasteiger partial charge in [-0.1, -0.05) is 54.8 Å². The van der Waals surface area contributed by atoms with Gasteiger partial charge in [-0.2, -0.15) is 0 Å². The van der Waals surface area contributed by atoms with Crippen LogP contribution < -0.4 is 10.2 Å². The predicted octanol–water partition coefficient (Wildman–Crippen LogP) is 4.25. The molecule has 5 rings (SSSR count). The molecule has 1 aliphatic rings. The van der Waals surface area contributed by atoms with Gasteiger partial charge in [0.05, 0.1) is 11.8 Å². The number of para-hydroxylation sites is 2. The van der Waals surface area contributed by atoms with Crippen LogP contribution in [0.25, 0.3) is 11.0 Å². The van der Waals surface area contributed by atoms with Crippen LogP contribution >= 0.6 is 0 Å². The van der Waals surface area contributed by atoms with Gasteiger partial charge in [-0.15, -0.1) is 5.10 Å². The van der Waals surface area contributed by atoms with Crippen LogP contribution in [0, 0.1) is 0 Å². The van der Waals surface area contributed by atoms with E-state index in [1.165, 1.54) is 17.6 Å². The number of carbonyl (C=O) groups is 2. The molecule has 2 heterocycles. The van der Waals surface area contributed by atoms with E-state index < -0.39 is 6.04 Å². The Hall–Kier alpha value is -3.94. The molecule has 0 spiro atoms. The van der Waals surface area contributed by atoms with E-state index in [0.29, 0.717) is 17.0 Å². The molecule has 174 valence electrons. The summed E-state index contributed by atoms with van der Waals surface area (Å²) >= 11 is 0. The van der Waals surface area contributed by atoms with E-state index in [1.807, 2.05) is 54.6 Å². The average Bonchev–Trinajstić information content (AvgIpc) is 3.54. The molecule has 8 nitrogen and oxygen atoms in total. The molecule has 1 N–H and O–H groups in total. The molecule has 0 bridgehead atoms. The Morgan fingerprint density at radius 3 is 2.53 bits per heavy atom. The highest BCUT2D eigenvalue weighted by Crippen LogP contribution is 2.30. The topological polar surface area (TPSA) is 93.3 Å². The SMILES string of the molecule is O=C(NC1CCCCC1)[C@@H](c1ccco1)N(C(=O)Cn1nnc2ccccc21)c1ccccc1. The highest BCUT2D eigenvalue weighted by molar-refractivity contribution is 6.01. The highest BCUT2D eigenvalue weighted by Gasteiger charge is 2.36. The monoisotopic (exact) mass is 457 g/mol. The third kappa shape index (κ3) is 4.57. The van der Waals surface area contributed by atoms with Crippen LogP contribution in [-0.4, -0.2) is 32.9 Å². The summed E-state index contributed by atoms with van der Waals surface area (Å²) < 4.78 is 7.24. The van der Waals surface area contributed by atoms with Gasteiger partial charge >= 0.3 is 0 Å². The third-order valence-corrected chi connectivity index (χ3v) is 6.28. The van der Waals surface area contributed by atoms with Crippen LogP contribution in [0.5, 0.6) is 0 Å². The van der Waals surface area contributed by atoms with Gasteiger partial charge in [0, 0.05) is 11.7 Å². The molecule has 1 fully saturated rings. The molecule has 0 aliphatic heterocycles. The van der Waals surface area contributed by atoms with E-state index in [4.69, 9.17) is 4.42 Å². The van der Waals surface area contributed by atoms with Crippen molar-refractivity contribution in [3.8, 4) is 0 Å². The molecule has 8 heteroatoms. The first kappa shape index (κ1) is 21.9. The fraction of sp³-hybridized carbons (Fsp3) is 0.308. The van der Waals surface area contributed by atoms with Gasteiger partial charge in [-0.05, 0) is 49.2 Å². The van der Waals surface area contributed by atoms with Gasteiger partial charge in [0.25, 0.3) is 5.91 Å². The zero-order chi connectivity index (χ0) is 23.3. The summed E-state index contributed by atoms with van der Waals surface area (Å²) in [5.41, 5.74) is 2.07. The van der Waals surface area contributed by atoms with Gasteiger partial charge in [0.2, 0.25) is 5.91 Å². The Bertz CT molecular complexity index is 1250. The molecule has 1 aliphatic carbocycles. The number of nitrogens with one attached hydrogen (secondary N) is 1. The quantitative estimate of drug-likeness (QED) is 0.448.